The van der Waals surface area contributed by atoms with Gasteiger partial charge in [-0.1, -0.05) is 30.7 Å². The Hall–Kier alpha value is -1.58. The molecule has 0 aliphatic carbocycles. The highest BCUT2D eigenvalue weighted by Gasteiger charge is 2.13. The molecule has 1 atom stereocenters. The van der Waals surface area contributed by atoms with Crippen LogP contribution in [0.5, 0.6) is 5.75 Å². The van der Waals surface area contributed by atoms with Crippen LogP contribution in [0.15, 0.2) is 42.7 Å². The Morgan fingerprint density at radius 1 is 1.24 bits per heavy atom. The molecule has 3 nitrogen and oxygen atoms in total. The van der Waals surface area contributed by atoms with Gasteiger partial charge in [0.25, 0.3) is 0 Å². The molecule has 0 bridgehead atoms. The third-order valence-electron chi connectivity index (χ3n) is 3.51. The topological polar surface area (TPSA) is 34.1 Å². The third-order valence-corrected chi connectivity index (χ3v) is 3.83. The van der Waals surface area contributed by atoms with E-state index in [9.17, 15) is 0 Å². The molecular weight excluding hydrogens is 284 g/mol. The Balaban J connectivity index is 2.04. The van der Waals surface area contributed by atoms with Crippen LogP contribution in [0.1, 0.15) is 30.5 Å². The van der Waals surface area contributed by atoms with Crippen molar-refractivity contribution in [2.24, 2.45) is 0 Å². The van der Waals surface area contributed by atoms with E-state index >= 15 is 0 Å². The average molecular weight is 305 g/mol. The number of hydrogen-bond acceptors (Lipinski definition) is 3. The van der Waals surface area contributed by atoms with E-state index < -0.39 is 0 Å². The van der Waals surface area contributed by atoms with Crippen molar-refractivity contribution in [1.82, 2.24) is 10.3 Å². The van der Waals surface area contributed by atoms with Crippen molar-refractivity contribution in [2.45, 2.75) is 25.8 Å². The molecule has 112 valence electrons. The van der Waals surface area contributed by atoms with E-state index in [4.69, 9.17) is 16.3 Å². The molecule has 2 aromatic rings. The molecule has 2 rings (SSSR count). The standard InChI is InChI=1S/C17H21ClN2O/c1-3-20-17(15-10-11-19-12-16(15)18)9-6-13-4-7-14(21-2)8-5-13/h4-5,7-8,10-12,17,20H,3,6,9H2,1-2H3. The molecule has 0 aliphatic rings. The Kier molecular flexibility index (Phi) is 6.03. The summed E-state index contributed by atoms with van der Waals surface area (Å²) in [4.78, 5) is 4.05. The molecule has 0 spiro atoms. The molecule has 1 heterocycles. The van der Waals surface area contributed by atoms with Crippen molar-refractivity contribution in [1.29, 1.82) is 0 Å². The highest BCUT2D eigenvalue weighted by atomic mass is 35.5. The number of aromatic nitrogens is 1. The van der Waals surface area contributed by atoms with E-state index in [1.165, 1.54) is 5.56 Å². The summed E-state index contributed by atoms with van der Waals surface area (Å²) in [5, 5.41) is 4.22. The molecule has 21 heavy (non-hydrogen) atoms. The number of nitrogens with one attached hydrogen (secondary N) is 1. The number of aryl methyl sites for hydroxylation is 1. The first-order valence-corrected chi connectivity index (χ1v) is 7.58. The lowest BCUT2D eigenvalue weighted by atomic mass is 9.99. The zero-order valence-corrected chi connectivity index (χ0v) is 13.2. The van der Waals surface area contributed by atoms with E-state index in [0.29, 0.717) is 0 Å². The first-order chi connectivity index (χ1) is 10.2. The second-order valence-electron chi connectivity index (χ2n) is 4.89. The van der Waals surface area contributed by atoms with Crippen LogP contribution in [0.4, 0.5) is 0 Å². The highest BCUT2D eigenvalue weighted by molar-refractivity contribution is 6.31. The number of benzene rings is 1. The number of nitrogens with zero attached hydrogens (tertiary/aromatic N) is 1. The van der Waals surface area contributed by atoms with Gasteiger partial charge in [0.05, 0.1) is 12.1 Å². The van der Waals surface area contributed by atoms with Gasteiger partial charge in [0.15, 0.2) is 0 Å². The van der Waals surface area contributed by atoms with Crippen molar-refractivity contribution in [3.8, 4) is 5.75 Å². The van der Waals surface area contributed by atoms with Gasteiger partial charge in [-0.15, -0.1) is 0 Å². The van der Waals surface area contributed by atoms with Crippen LogP contribution < -0.4 is 10.1 Å². The molecule has 0 saturated heterocycles. The summed E-state index contributed by atoms with van der Waals surface area (Å²) in [7, 11) is 1.68. The Morgan fingerprint density at radius 2 is 2.00 bits per heavy atom. The zero-order valence-electron chi connectivity index (χ0n) is 12.5. The normalized spacial score (nSPS) is 12.1. The first-order valence-electron chi connectivity index (χ1n) is 7.20. The van der Waals surface area contributed by atoms with Crippen LogP contribution in [0, 0.1) is 0 Å². The molecule has 4 heteroatoms. The Morgan fingerprint density at radius 3 is 2.62 bits per heavy atom. The van der Waals surface area contributed by atoms with E-state index in [0.717, 1.165) is 35.7 Å². The summed E-state index contributed by atoms with van der Waals surface area (Å²) < 4.78 is 5.18. The molecule has 0 saturated carbocycles. The largest absolute Gasteiger partial charge is 0.497 e. The van der Waals surface area contributed by atoms with Crippen LogP contribution in [0.2, 0.25) is 5.02 Å². The Labute approximate surface area is 131 Å². The molecule has 1 unspecified atom stereocenters. The minimum absolute atomic E-state index is 0.243. The van der Waals surface area contributed by atoms with E-state index in [2.05, 4.69) is 29.4 Å². The zero-order chi connectivity index (χ0) is 15.1. The molecule has 1 aromatic heterocycles. The van der Waals surface area contributed by atoms with Crippen molar-refractivity contribution < 1.29 is 4.74 Å². The maximum Gasteiger partial charge on any atom is 0.118 e. The van der Waals surface area contributed by atoms with Gasteiger partial charge in [0, 0.05) is 18.4 Å². The van der Waals surface area contributed by atoms with Gasteiger partial charge < -0.3 is 10.1 Å². The summed E-state index contributed by atoms with van der Waals surface area (Å²) >= 11 is 6.26. The lowest BCUT2D eigenvalue weighted by Crippen LogP contribution is -2.21. The third kappa shape index (κ3) is 4.45. The van der Waals surface area contributed by atoms with Gasteiger partial charge in [-0.25, -0.2) is 0 Å². The smallest absolute Gasteiger partial charge is 0.118 e. The number of ether oxygens (including phenoxy) is 1. The average Bonchev–Trinajstić information content (AvgIpc) is 2.53. The van der Waals surface area contributed by atoms with Gasteiger partial charge in [-0.2, -0.15) is 0 Å². The summed E-state index contributed by atoms with van der Waals surface area (Å²) in [6, 6.07) is 10.4. The molecule has 0 fully saturated rings. The lowest BCUT2D eigenvalue weighted by molar-refractivity contribution is 0.414. The highest BCUT2D eigenvalue weighted by Crippen LogP contribution is 2.25. The van der Waals surface area contributed by atoms with Gasteiger partial charge in [0.1, 0.15) is 5.75 Å². The number of methoxy groups -OCH3 is 1. The molecule has 1 N–H and O–H groups in total. The lowest BCUT2D eigenvalue weighted by Gasteiger charge is -2.19. The first kappa shape index (κ1) is 15.8. The summed E-state index contributed by atoms with van der Waals surface area (Å²) in [5.41, 5.74) is 2.41. The van der Waals surface area contributed by atoms with Crippen LogP contribution in [-0.4, -0.2) is 18.6 Å². The van der Waals surface area contributed by atoms with E-state index in [1.54, 1.807) is 19.5 Å². The van der Waals surface area contributed by atoms with Crippen molar-refractivity contribution in [3.63, 3.8) is 0 Å². The van der Waals surface area contributed by atoms with Crippen molar-refractivity contribution >= 4 is 11.6 Å². The van der Waals surface area contributed by atoms with Gasteiger partial charge in [-0.3, -0.25) is 4.98 Å². The fourth-order valence-electron chi connectivity index (χ4n) is 2.39. The molecule has 0 aliphatic heterocycles. The second-order valence-corrected chi connectivity index (χ2v) is 5.30. The minimum Gasteiger partial charge on any atom is -0.497 e. The minimum atomic E-state index is 0.243. The van der Waals surface area contributed by atoms with Crippen LogP contribution in [0.25, 0.3) is 0 Å². The van der Waals surface area contributed by atoms with Crippen LogP contribution in [-0.2, 0) is 6.42 Å². The molecule has 0 radical (unpaired) electrons. The van der Waals surface area contributed by atoms with E-state index in [1.807, 2.05) is 18.2 Å². The number of pyridine rings is 1. The van der Waals surface area contributed by atoms with Crippen molar-refractivity contribution in [3.05, 3.63) is 58.9 Å². The summed E-state index contributed by atoms with van der Waals surface area (Å²) in [6.07, 6.45) is 5.47. The fourth-order valence-corrected chi connectivity index (χ4v) is 2.64. The summed E-state index contributed by atoms with van der Waals surface area (Å²) in [6.45, 7) is 3.02. The van der Waals surface area contributed by atoms with Crippen LogP contribution >= 0.6 is 11.6 Å². The molecule has 1 aromatic carbocycles. The quantitative estimate of drug-likeness (QED) is 0.838. The summed E-state index contributed by atoms with van der Waals surface area (Å²) in [5.74, 6) is 0.888. The number of halogens is 1. The predicted molar refractivity (Wildman–Crippen MR) is 87.0 cm³/mol. The van der Waals surface area contributed by atoms with Gasteiger partial charge in [-0.05, 0) is 48.7 Å². The van der Waals surface area contributed by atoms with Crippen LogP contribution in [0.3, 0.4) is 0 Å². The SMILES string of the molecule is CCNC(CCc1ccc(OC)cc1)c1ccncc1Cl. The maximum atomic E-state index is 6.26. The van der Waals surface area contributed by atoms with Crippen molar-refractivity contribution in [2.75, 3.05) is 13.7 Å². The fraction of sp³-hybridized carbons (Fsp3) is 0.353. The van der Waals surface area contributed by atoms with E-state index in [-0.39, 0.29) is 6.04 Å². The van der Waals surface area contributed by atoms with Gasteiger partial charge >= 0.3 is 0 Å². The monoisotopic (exact) mass is 304 g/mol. The number of rotatable bonds is 7. The predicted octanol–water partition coefficient (Wildman–Crippen LogP) is 4.03. The maximum absolute atomic E-state index is 6.26. The second kappa shape index (κ2) is 8.01. The van der Waals surface area contributed by atoms with Gasteiger partial charge in [0.2, 0.25) is 0 Å². The molecule has 0 amide bonds. The number of hydrogen-bond donors (Lipinski definition) is 1. The molecular formula is C17H21ClN2O. The Bertz CT molecular complexity index is 557.